The van der Waals surface area contributed by atoms with Gasteiger partial charge in [-0.2, -0.15) is 13.2 Å². The van der Waals surface area contributed by atoms with Gasteiger partial charge in [-0.1, -0.05) is 24.6 Å². The fourth-order valence-electron chi connectivity index (χ4n) is 2.56. The van der Waals surface area contributed by atoms with Gasteiger partial charge in [0.2, 0.25) is 0 Å². The van der Waals surface area contributed by atoms with Crippen LogP contribution in [0, 0.1) is 0 Å². The number of nitrogens with zero attached hydrogens (tertiary/aromatic N) is 2. The molecule has 1 aliphatic heterocycles. The van der Waals surface area contributed by atoms with Crippen molar-refractivity contribution in [1.82, 2.24) is 9.88 Å². The molecule has 0 bridgehead atoms. The molecule has 2 rings (SSSR count). The third kappa shape index (κ3) is 5.51. The van der Waals surface area contributed by atoms with Gasteiger partial charge >= 0.3 is 12.3 Å². The average molecular weight is 425 g/mol. The second-order valence-corrected chi connectivity index (χ2v) is 8.98. The van der Waals surface area contributed by atoms with E-state index in [1.165, 1.54) is 16.7 Å². The van der Waals surface area contributed by atoms with Crippen LogP contribution in [-0.4, -0.2) is 44.9 Å². The van der Waals surface area contributed by atoms with Crippen molar-refractivity contribution in [1.29, 1.82) is 0 Å². The Balaban J connectivity index is 2.48. The van der Waals surface area contributed by atoms with Gasteiger partial charge in [-0.25, -0.2) is 9.78 Å². The minimum Gasteiger partial charge on any atom is -0.444 e. The third-order valence-corrected chi connectivity index (χ3v) is 5.14. The maximum Gasteiger partial charge on any atom is 0.433 e. The van der Waals surface area contributed by atoms with E-state index in [9.17, 15) is 22.8 Å². The van der Waals surface area contributed by atoms with E-state index in [2.05, 4.69) is 4.98 Å². The fourth-order valence-corrected chi connectivity index (χ4v) is 3.69. The molecule has 1 saturated heterocycles. The van der Waals surface area contributed by atoms with Gasteiger partial charge < -0.3 is 4.74 Å². The largest absolute Gasteiger partial charge is 0.444 e. The number of Topliss-reactive ketones (excluding diaryl/α,β-unsaturated/α-hetero) is 1. The van der Waals surface area contributed by atoms with Gasteiger partial charge in [0.15, 0.2) is 5.78 Å². The van der Waals surface area contributed by atoms with Crippen LogP contribution >= 0.6 is 23.4 Å². The molecule has 0 unspecified atom stereocenters. The van der Waals surface area contributed by atoms with Crippen molar-refractivity contribution in [3.63, 3.8) is 0 Å². The van der Waals surface area contributed by atoms with Gasteiger partial charge in [0.05, 0.1) is 5.75 Å². The van der Waals surface area contributed by atoms with Crippen molar-refractivity contribution in [2.75, 3.05) is 12.3 Å². The summed E-state index contributed by atoms with van der Waals surface area (Å²) in [5.74, 6) is -0.249. The molecule has 1 amide bonds. The maximum absolute atomic E-state index is 12.8. The lowest BCUT2D eigenvalue weighted by Crippen LogP contribution is -2.43. The molecule has 1 aromatic rings. The summed E-state index contributed by atoms with van der Waals surface area (Å²) in [4.78, 5) is 30.0. The molecule has 0 aromatic carbocycles. The number of amides is 1. The lowest BCUT2D eigenvalue weighted by atomic mass is 10.0. The number of halogens is 4. The van der Waals surface area contributed by atoms with Crippen molar-refractivity contribution >= 4 is 35.2 Å². The van der Waals surface area contributed by atoms with Gasteiger partial charge in [-0.15, -0.1) is 11.8 Å². The molecule has 1 fully saturated rings. The van der Waals surface area contributed by atoms with Gasteiger partial charge in [0.25, 0.3) is 0 Å². The predicted molar refractivity (Wildman–Crippen MR) is 96.9 cm³/mol. The van der Waals surface area contributed by atoms with Crippen molar-refractivity contribution < 1.29 is 27.5 Å². The van der Waals surface area contributed by atoms with Crippen LogP contribution in [0.25, 0.3) is 0 Å². The van der Waals surface area contributed by atoms with E-state index in [1.54, 1.807) is 20.8 Å². The predicted octanol–water partition coefficient (Wildman–Crippen LogP) is 4.74. The zero-order valence-electron chi connectivity index (χ0n) is 15.3. The number of alkyl halides is 3. The Labute approximate surface area is 164 Å². The van der Waals surface area contributed by atoms with Crippen LogP contribution in [0.15, 0.2) is 12.1 Å². The molecule has 1 aromatic heterocycles. The normalized spacial score (nSPS) is 21.8. The zero-order valence-corrected chi connectivity index (χ0v) is 16.8. The van der Waals surface area contributed by atoms with E-state index in [-0.39, 0.29) is 28.9 Å². The number of pyridine rings is 1. The lowest BCUT2D eigenvalue weighted by molar-refractivity contribution is -0.141. The quantitative estimate of drug-likeness (QED) is 0.609. The van der Waals surface area contributed by atoms with Crippen LogP contribution in [0.1, 0.15) is 45.0 Å². The summed E-state index contributed by atoms with van der Waals surface area (Å²) in [6.07, 6.45) is -5.39. The van der Waals surface area contributed by atoms with Crippen molar-refractivity contribution in [2.24, 2.45) is 0 Å². The summed E-state index contributed by atoms with van der Waals surface area (Å²) < 4.78 is 43.9. The van der Waals surface area contributed by atoms with E-state index in [1.807, 2.05) is 6.92 Å². The van der Waals surface area contributed by atoms with Gasteiger partial charge in [0.1, 0.15) is 22.5 Å². The first-order valence-electron chi connectivity index (χ1n) is 8.17. The molecule has 10 heteroatoms. The molecule has 0 spiro atoms. The molecule has 5 nitrogen and oxygen atoms in total. The Bertz CT molecular complexity index is 737. The number of ketones is 1. The lowest BCUT2D eigenvalue weighted by Gasteiger charge is -2.32. The summed E-state index contributed by atoms with van der Waals surface area (Å²) in [7, 11) is 0. The molecule has 150 valence electrons. The van der Waals surface area contributed by atoms with Crippen molar-refractivity contribution in [3.05, 3.63) is 28.5 Å². The fraction of sp³-hybridized carbons (Fsp3) is 0.588. The molecule has 2 atom stereocenters. The van der Waals surface area contributed by atoms with Crippen LogP contribution in [0.3, 0.4) is 0 Å². The highest BCUT2D eigenvalue weighted by molar-refractivity contribution is 8.00. The molecule has 1 aliphatic rings. The smallest absolute Gasteiger partial charge is 0.433 e. The molecular formula is C17H20ClF3N2O3S. The Morgan fingerprint density at radius 2 is 1.96 bits per heavy atom. The van der Waals surface area contributed by atoms with E-state index in [4.69, 9.17) is 16.3 Å². The highest BCUT2D eigenvalue weighted by atomic mass is 35.5. The van der Waals surface area contributed by atoms with Gasteiger partial charge in [-0.3, -0.25) is 9.69 Å². The number of ether oxygens (including phenoxy) is 1. The molecular weight excluding hydrogens is 405 g/mol. The van der Waals surface area contributed by atoms with Crippen LogP contribution in [0.4, 0.5) is 18.0 Å². The molecule has 0 radical (unpaired) electrons. The molecule has 0 aliphatic carbocycles. The van der Waals surface area contributed by atoms with E-state index in [0.29, 0.717) is 0 Å². The minimum absolute atomic E-state index is 0.0511. The summed E-state index contributed by atoms with van der Waals surface area (Å²) in [5, 5.41) is -0.524. The first-order valence-corrected chi connectivity index (χ1v) is 9.60. The van der Waals surface area contributed by atoms with Crippen LogP contribution in [0.5, 0.6) is 0 Å². The number of aromatic nitrogens is 1. The third-order valence-electron chi connectivity index (χ3n) is 3.67. The highest BCUT2D eigenvalue weighted by Gasteiger charge is 2.40. The zero-order chi connectivity index (χ0) is 20.6. The number of hydrogen-bond donors (Lipinski definition) is 0. The van der Waals surface area contributed by atoms with Crippen LogP contribution in [0.2, 0.25) is 5.15 Å². The average Bonchev–Trinajstić information content (AvgIpc) is 2.64. The number of rotatable bonds is 1. The first-order chi connectivity index (χ1) is 12.3. The van der Waals surface area contributed by atoms with Crippen molar-refractivity contribution in [2.45, 2.75) is 50.8 Å². The van der Waals surface area contributed by atoms with Gasteiger partial charge in [0, 0.05) is 17.4 Å². The van der Waals surface area contributed by atoms with Crippen LogP contribution < -0.4 is 0 Å². The monoisotopic (exact) mass is 424 g/mol. The van der Waals surface area contributed by atoms with Gasteiger partial charge in [-0.05, 0) is 26.8 Å². The van der Waals surface area contributed by atoms with Crippen molar-refractivity contribution in [3.8, 4) is 0 Å². The Kier molecular flexibility index (Phi) is 6.36. The summed E-state index contributed by atoms with van der Waals surface area (Å²) in [6, 6.07) is 0.696. The summed E-state index contributed by atoms with van der Waals surface area (Å²) in [6.45, 7) is 7.09. The van der Waals surface area contributed by atoms with Crippen LogP contribution in [-0.2, 0) is 15.7 Å². The van der Waals surface area contributed by atoms with E-state index in [0.717, 1.165) is 12.1 Å². The number of hydrogen-bond acceptors (Lipinski definition) is 5. The molecule has 0 N–H and O–H groups in total. The standard InChI is InChI=1S/C17H20ClF3N2O3S/c1-9-7-23(15(25)26-16(2,3)4)13(11(24)8-27-9)10-5-6-12(17(19,20)21)22-14(10)18/h5-6,9,13H,7-8H2,1-4H3/t9-,13+/m1/s1. The minimum atomic E-state index is -4.66. The summed E-state index contributed by atoms with van der Waals surface area (Å²) in [5.41, 5.74) is -1.91. The molecule has 27 heavy (non-hydrogen) atoms. The SMILES string of the molecule is C[C@@H]1CN(C(=O)OC(C)(C)C)[C@@H](c2ccc(C(F)(F)F)nc2Cl)C(=O)CS1. The number of thioether (sulfide) groups is 1. The second kappa shape index (κ2) is 7.87. The van der Waals surface area contributed by atoms with E-state index < -0.39 is 34.8 Å². The van der Waals surface area contributed by atoms with E-state index >= 15 is 0 Å². The Hall–Kier alpha value is -1.48. The summed E-state index contributed by atoms with van der Waals surface area (Å²) >= 11 is 7.33. The molecule has 2 heterocycles. The Morgan fingerprint density at radius 1 is 1.33 bits per heavy atom. The number of carbonyl (C=O) groups excluding carboxylic acids is 2. The molecule has 0 saturated carbocycles. The maximum atomic E-state index is 12.8. The topological polar surface area (TPSA) is 59.5 Å². The Morgan fingerprint density at radius 3 is 2.48 bits per heavy atom. The number of carbonyl (C=O) groups is 2. The first kappa shape index (κ1) is 21.8. The highest BCUT2D eigenvalue weighted by Crippen LogP contribution is 2.36. The second-order valence-electron chi connectivity index (χ2n) is 7.20.